The Kier molecular flexibility index (Phi) is 7.85. The first-order valence-corrected chi connectivity index (χ1v) is 12.2. The van der Waals surface area contributed by atoms with E-state index in [4.69, 9.17) is 4.74 Å². The van der Waals surface area contributed by atoms with Crippen molar-refractivity contribution in [2.45, 2.75) is 44.1 Å². The van der Waals surface area contributed by atoms with Gasteiger partial charge in [0.1, 0.15) is 12.6 Å². The molecule has 2 aromatic carbocycles. The minimum atomic E-state index is -1.05. The van der Waals surface area contributed by atoms with Gasteiger partial charge >= 0.3 is 12.1 Å². The molecule has 0 heterocycles. The van der Waals surface area contributed by atoms with Crippen LogP contribution >= 0.6 is 0 Å². The normalized spacial score (nSPS) is 19.3. The number of ether oxygens (including phenoxy) is 1. The summed E-state index contributed by atoms with van der Waals surface area (Å²) >= 11 is 0. The average Bonchev–Trinajstić information content (AvgIpc) is 3.46. The van der Waals surface area contributed by atoms with Gasteiger partial charge in [-0.2, -0.15) is 0 Å². The first kappa shape index (κ1) is 24.5. The lowest BCUT2D eigenvalue weighted by molar-refractivity contribution is -0.142. The minimum Gasteiger partial charge on any atom is -0.480 e. The van der Waals surface area contributed by atoms with Gasteiger partial charge in [0.15, 0.2) is 0 Å². The summed E-state index contributed by atoms with van der Waals surface area (Å²) < 4.78 is 5.60. The monoisotopic (exact) mass is 476 g/mol. The van der Waals surface area contributed by atoms with Gasteiger partial charge in [0.25, 0.3) is 0 Å². The van der Waals surface area contributed by atoms with E-state index in [2.05, 4.69) is 41.5 Å². The zero-order valence-electron chi connectivity index (χ0n) is 19.7. The van der Waals surface area contributed by atoms with E-state index in [-0.39, 0.29) is 30.3 Å². The van der Waals surface area contributed by atoms with Gasteiger partial charge < -0.3 is 20.5 Å². The summed E-state index contributed by atoms with van der Waals surface area (Å²) in [5.74, 6) is -1.70. The highest BCUT2D eigenvalue weighted by Gasteiger charge is 2.35. The van der Waals surface area contributed by atoms with Gasteiger partial charge in [0, 0.05) is 18.4 Å². The van der Waals surface area contributed by atoms with Crippen LogP contribution in [0, 0.1) is 11.8 Å². The van der Waals surface area contributed by atoms with Crippen LogP contribution in [0.1, 0.15) is 49.1 Å². The number of alkyl carbamates (subject to hydrolysis) is 1. The number of carboxylic acids is 1. The minimum absolute atomic E-state index is 0.0123. The lowest BCUT2D eigenvalue weighted by atomic mass is 9.94. The highest BCUT2D eigenvalue weighted by Crippen LogP contribution is 2.44. The lowest BCUT2D eigenvalue weighted by Gasteiger charge is -2.22. The lowest BCUT2D eigenvalue weighted by Crippen LogP contribution is -2.45. The molecule has 1 fully saturated rings. The molecule has 3 atom stereocenters. The fourth-order valence-electron chi connectivity index (χ4n) is 5.31. The number of hydrogen-bond acceptors (Lipinski definition) is 4. The molecule has 2 aromatic rings. The Bertz CT molecular complexity index is 1050. The summed E-state index contributed by atoms with van der Waals surface area (Å²) in [6.07, 6.45) is 4.28. The second-order valence-electron chi connectivity index (χ2n) is 9.27. The number of carbonyl (C=O) groups is 3. The highest BCUT2D eigenvalue weighted by atomic mass is 16.5. The SMILES string of the molecule is C=CCCC(NC(=O)C1CCCC1CNC(=O)OCC1c2ccccc2-c2ccccc21)C(=O)O. The van der Waals surface area contributed by atoms with Gasteiger partial charge in [-0.3, -0.25) is 4.79 Å². The van der Waals surface area contributed by atoms with Gasteiger partial charge in [-0.25, -0.2) is 9.59 Å². The molecule has 4 rings (SSSR count). The molecule has 184 valence electrons. The van der Waals surface area contributed by atoms with Gasteiger partial charge in [0.2, 0.25) is 5.91 Å². The number of amides is 2. The third kappa shape index (κ3) is 5.56. The molecule has 0 radical (unpaired) electrons. The first-order valence-electron chi connectivity index (χ1n) is 12.2. The fraction of sp³-hybridized carbons (Fsp3) is 0.393. The van der Waals surface area contributed by atoms with E-state index in [0.29, 0.717) is 25.8 Å². The van der Waals surface area contributed by atoms with E-state index < -0.39 is 18.1 Å². The molecule has 0 bridgehead atoms. The number of nitrogens with one attached hydrogen (secondary N) is 2. The van der Waals surface area contributed by atoms with E-state index in [1.807, 2.05) is 24.3 Å². The average molecular weight is 477 g/mol. The molecule has 1 saturated carbocycles. The predicted molar refractivity (Wildman–Crippen MR) is 133 cm³/mol. The predicted octanol–water partition coefficient (Wildman–Crippen LogP) is 4.48. The summed E-state index contributed by atoms with van der Waals surface area (Å²) in [5.41, 5.74) is 4.64. The van der Waals surface area contributed by atoms with Crippen LogP contribution in [0.5, 0.6) is 0 Å². The van der Waals surface area contributed by atoms with E-state index in [0.717, 1.165) is 24.0 Å². The van der Waals surface area contributed by atoms with E-state index in [1.54, 1.807) is 6.08 Å². The standard InChI is InChI=1S/C28H32N2O5/c1-2-3-15-25(27(32)33)30-26(31)19-14-8-9-18(19)16-29-28(34)35-17-24-22-12-6-4-10-20(22)21-11-5-7-13-23(21)24/h2,4-7,10-13,18-19,24-25H,1,3,8-9,14-17H2,(H,29,34)(H,30,31)(H,32,33). The van der Waals surface area contributed by atoms with Crippen molar-refractivity contribution in [3.05, 3.63) is 72.3 Å². The fourth-order valence-corrected chi connectivity index (χ4v) is 5.31. The Morgan fingerprint density at radius 1 is 1.06 bits per heavy atom. The summed E-state index contributed by atoms with van der Waals surface area (Å²) in [7, 11) is 0. The molecule has 2 aliphatic carbocycles. The van der Waals surface area contributed by atoms with Gasteiger partial charge in [-0.1, -0.05) is 61.0 Å². The topological polar surface area (TPSA) is 105 Å². The number of benzene rings is 2. The molecule has 2 amide bonds. The van der Waals surface area contributed by atoms with E-state index >= 15 is 0 Å². The number of carboxylic acid groups (broad SMARTS) is 1. The molecular weight excluding hydrogens is 444 g/mol. The van der Waals surface area contributed by atoms with Crippen molar-refractivity contribution >= 4 is 18.0 Å². The van der Waals surface area contributed by atoms with Crippen molar-refractivity contribution in [2.24, 2.45) is 11.8 Å². The van der Waals surface area contributed by atoms with Crippen LogP contribution in [-0.4, -0.2) is 42.3 Å². The molecule has 3 N–H and O–H groups in total. The van der Waals surface area contributed by atoms with E-state index in [9.17, 15) is 19.5 Å². The largest absolute Gasteiger partial charge is 0.480 e. The van der Waals surface area contributed by atoms with Crippen LogP contribution in [0.3, 0.4) is 0 Å². The zero-order chi connectivity index (χ0) is 24.8. The Hall–Kier alpha value is -3.61. The number of fused-ring (bicyclic) bond motifs is 3. The molecule has 7 nitrogen and oxygen atoms in total. The molecular formula is C28H32N2O5. The van der Waals surface area contributed by atoms with Gasteiger partial charge in [-0.15, -0.1) is 6.58 Å². The Balaban J connectivity index is 1.30. The van der Waals surface area contributed by atoms with E-state index in [1.165, 1.54) is 11.1 Å². The molecule has 2 aliphatic rings. The third-order valence-corrected chi connectivity index (χ3v) is 7.12. The number of rotatable bonds is 10. The molecule has 3 unspecified atom stereocenters. The summed E-state index contributed by atoms with van der Waals surface area (Å²) in [6.45, 7) is 4.16. The van der Waals surface area contributed by atoms with Crippen molar-refractivity contribution in [1.82, 2.24) is 10.6 Å². The number of aliphatic carboxylic acids is 1. The van der Waals surface area contributed by atoms with Crippen LogP contribution in [-0.2, 0) is 14.3 Å². The third-order valence-electron chi connectivity index (χ3n) is 7.12. The molecule has 0 aliphatic heterocycles. The molecule has 0 aromatic heterocycles. The zero-order valence-corrected chi connectivity index (χ0v) is 19.7. The van der Waals surface area contributed by atoms with Crippen LogP contribution in [0.2, 0.25) is 0 Å². The van der Waals surface area contributed by atoms with Gasteiger partial charge in [0.05, 0.1) is 0 Å². The van der Waals surface area contributed by atoms with Crippen molar-refractivity contribution in [3.8, 4) is 11.1 Å². The first-order chi connectivity index (χ1) is 17.0. The van der Waals surface area contributed by atoms with Crippen molar-refractivity contribution in [1.29, 1.82) is 0 Å². The Labute approximate surface area is 205 Å². The molecule has 35 heavy (non-hydrogen) atoms. The Morgan fingerprint density at radius 3 is 2.34 bits per heavy atom. The van der Waals surface area contributed by atoms with Crippen molar-refractivity contribution in [2.75, 3.05) is 13.2 Å². The summed E-state index contributed by atoms with van der Waals surface area (Å²) in [5, 5.41) is 14.9. The maximum atomic E-state index is 12.8. The maximum absolute atomic E-state index is 12.8. The summed E-state index contributed by atoms with van der Waals surface area (Å²) in [4.78, 5) is 36.8. The van der Waals surface area contributed by atoms with Gasteiger partial charge in [-0.05, 0) is 53.9 Å². The molecule has 7 heteroatoms. The van der Waals surface area contributed by atoms with Crippen LogP contribution in [0.4, 0.5) is 4.79 Å². The van der Waals surface area contributed by atoms with Crippen molar-refractivity contribution in [3.63, 3.8) is 0 Å². The number of hydrogen-bond donors (Lipinski definition) is 3. The van der Waals surface area contributed by atoms with Crippen LogP contribution in [0.15, 0.2) is 61.2 Å². The van der Waals surface area contributed by atoms with Crippen LogP contribution in [0.25, 0.3) is 11.1 Å². The molecule has 0 spiro atoms. The summed E-state index contributed by atoms with van der Waals surface area (Å²) in [6, 6.07) is 15.4. The van der Waals surface area contributed by atoms with Crippen molar-refractivity contribution < 1.29 is 24.2 Å². The second kappa shape index (κ2) is 11.2. The Morgan fingerprint density at radius 2 is 1.71 bits per heavy atom. The number of allylic oxidation sites excluding steroid dienone is 1. The smallest absolute Gasteiger partial charge is 0.407 e. The highest BCUT2D eigenvalue weighted by molar-refractivity contribution is 5.85. The number of carbonyl (C=O) groups excluding carboxylic acids is 2. The quantitative estimate of drug-likeness (QED) is 0.439. The van der Waals surface area contributed by atoms with Crippen LogP contribution < -0.4 is 10.6 Å². The second-order valence-corrected chi connectivity index (χ2v) is 9.27. The maximum Gasteiger partial charge on any atom is 0.407 e. The molecule has 0 saturated heterocycles.